The van der Waals surface area contributed by atoms with E-state index in [1.54, 1.807) is 32.0 Å². The molecule has 1 aliphatic rings. The van der Waals surface area contributed by atoms with Crippen molar-refractivity contribution in [2.45, 2.75) is 25.5 Å². The van der Waals surface area contributed by atoms with Crippen LogP contribution >= 0.6 is 35.2 Å². The van der Waals surface area contributed by atoms with Crippen molar-refractivity contribution in [3.63, 3.8) is 0 Å². The van der Waals surface area contributed by atoms with Crippen molar-refractivity contribution in [2.24, 2.45) is 0 Å². The van der Waals surface area contributed by atoms with Gasteiger partial charge in [-0.25, -0.2) is 9.69 Å². The Labute approximate surface area is 188 Å². The molecule has 2 atom stereocenters. The summed E-state index contributed by atoms with van der Waals surface area (Å²) in [7, 11) is 2.96. The minimum atomic E-state index is -1.25. The number of carbonyl (C=O) groups excluding carboxylic acids is 2. The van der Waals surface area contributed by atoms with Gasteiger partial charge in [-0.05, 0) is 50.3 Å². The summed E-state index contributed by atoms with van der Waals surface area (Å²) in [6.45, 7) is 3.51. The van der Waals surface area contributed by atoms with Gasteiger partial charge >= 0.3 is 5.97 Å². The van der Waals surface area contributed by atoms with E-state index in [4.69, 9.17) is 42.8 Å². The number of rotatable bonds is 6. The Hall–Kier alpha value is -2.36. The molecular weight excluding hydrogens is 450 g/mol. The van der Waals surface area contributed by atoms with Crippen LogP contribution in [-0.4, -0.2) is 48.8 Å². The second-order valence-corrected chi connectivity index (χ2v) is 8.57. The molecule has 1 aromatic carbocycles. The van der Waals surface area contributed by atoms with E-state index < -0.39 is 23.5 Å². The van der Waals surface area contributed by atoms with E-state index in [1.165, 1.54) is 37.7 Å². The van der Waals surface area contributed by atoms with Gasteiger partial charge in [0.15, 0.2) is 11.6 Å². The highest BCUT2D eigenvalue weighted by atomic mass is 35.5. The molecule has 160 valence electrons. The predicted octanol–water partition coefficient (Wildman–Crippen LogP) is 4.02. The average molecular weight is 470 g/mol. The second kappa shape index (κ2) is 8.79. The number of carbonyl (C=O) groups is 2. The molecule has 10 heteroatoms. The summed E-state index contributed by atoms with van der Waals surface area (Å²) < 4.78 is 22.2. The van der Waals surface area contributed by atoms with E-state index in [1.807, 2.05) is 0 Å². The van der Waals surface area contributed by atoms with Crippen LogP contribution in [0.1, 0.15) is 29.1 Å². The zero-order valence-electron chi connectivity index (χ0n) is 16.8. The largest absolute Gasteiger partial charge is 0.497 e. The van der Waals surface area contributed by atoms with Crippen molar-refractivity contribution in [1.29, 1.82) is 0 Å². The monoisotopic (exact) mass is 469 g/mol. The minimum Gasteiger partial charge on any atom is -0.497 e. The number of thiocarbonyl (C=S) groups is 1. The summed E-state index contributed by atoms with van der Waals surface area (Å²) in [4.78, 5) is 28.2. The fourth-order valence-corrected chi connectivity index (χ4v) is 4.74. The Morgan fingerprint density at radius 3 is 2.37 bits per heavy atom. The molecule has 1 aromatic heterocycles. The Balaban J connectivity index is 2.09. The lowest BCUT2D eigenvalue weighted by molar-refractivity contribution is -0.151. The van der Waals surface area contributed by atoms with E-state index in [0.717, 1.165) is 4.90 Å². The van der Waals surface area contributed by atoms with Crippen molar-refractivity contribution in [3.05, 3.63) is 45.1 Å². The first-order chi connectivity index (χ1) is 14.2. The minimum absolute atomic E-state index is 0.133. The number of thiophene rings is 1. The van der Waals surface area contributed by atoms with Crippen LogP contribution in [0.5, 0.6) is 11.5 Å². The Bertz CT molecular complexity index is 971. The van der Waals surface area contributed by atoms with Crippen LogP contribution in [0, 0.1) is 0 Å². The number of benzene rings is 1. The number of esters is 1. The van der Waals surface area contributed by atoms with E-state index in [0.29, 0.717) is 20.7 Å². The maximum Gasteiger partial charge on any atom is 0.334 e. The van der Waals surface area contributed by atoms with Gasteiger partial charge in [0.2, 0.25) is 0 Å². The van der Waals surface area contributed by atoms with Crippen molar-refractivity contribution in [1.82, 2.24) is 4.90 Å². The van der Waals surface area contributed by atoms with Gasteiger partial charge in [-0.1, -0.05) is 11.6 Å². The zero-order valence-corrected chi connectivity index (χ0v) is 19.2. The topological polar surface area (TPSA) is 74.3 Å². The van der Waals surface area contributed by atoms with Gasteiger partial charge < -0.3 is 18.9 Å². The number of amides is 1. The molecule has 30 heavy (non-hydrogen) atoms. The van der Waals surface area contributed by atoms with Gasteiger partial charge in [-0.3, -0.25) is 4.79 Å². The molecule has 0 radical (unpaired) electrons. The molecule has 0 saturated carbocycles. The fraction of sp³-hybridized carbons (Fsp3) is 0.350. The number of methoxy groups -OCH3 is 2. The van der Waals surface area contributed by atoms with Crippen LogP contribution in [0.15, 0.2) is 30.3 Å². The first-order valence-electron chi connectivity index (χ1n) is 8.97. The van der Waals surface area contributed by atoms with Crippen LogP contribution in [0.3, 0.4) is 0 Å². The highest BCUT2D eigenvalue weighted by molar-refractivity contribution is 7.80. The normalized spacial score (nSPS) is 20.6. The van der Waals surface area contributed by atoms with Crippen LogP contribution in [0.25, 0.3) is 0 Å². The van der Waals surface area contributed by atoms with Crippen LogP contribution in [-0.2, 0) is 19.9 Å². The van der Waals surface area contributed by atoms with Gasteiger partial charge in [0.05, 0.1) is 30.0 Å². The van der Waals surface area contributed by atoms with Gasteiger partial charge in [-0.15, -0.1) is 11.3 Å². The van der Waals surface area contributed by atoms with Crippen LogP contribution < -0.4 is 9.47 Å². The lowest BCUT2D eigenvalue weighted by Gasteiger charge is -2.29. The molecule has 0 bridgehead atoms. The molecule has 0 N–H and O–H groups in total. The van der Waals surface area contributed by atoms with E-state index in [2.05, 4.69) is 0 Å². The zero-order chi connectivity index (χ0) is 22.1. The number of halogens is 1. The Morgan fingerprint density at radius 2 is 1.87 bits per heavy atom. The molecule has 1 saturated heterocycles. The van der Waals surface area contributed by atoms with Crippen molar-refractivity contribution < 1.29 is 28.5 Å². The van der Waals surface area contributed by atoms with Crippen LogP contribution in [0.4, 0.5) is 0 Å². The molecule has 2 heterocycles. The third kappa shape index (κ3) is 3.97. The van der Waals surface area contributed by atoms with E-state index in [-0.39, 0.29) is 17.3 Å². The summed E-state index contributed by atoms with van der Waals surface area (Å²) in [6, 6.07) is 7.00. The first kappa shape index (κ1) is 22.3. The molecule has 3 rings (SSSR count). The smallest absolute Gasteiger partial charge is 0.334 e. The maximum atomic E-state index is 13.5. The lowest BCUT2D eigenvalue weighted by Crippen LogP contribution is -2.50. The van der Waals surface area contributed by atoms with Crippen LogP contribution in [0.2, 0.25) is 4.34 Å². The molecule has 2 unspecified atom stereocenters. The molecule has 2 aromatic rings. The molecule has 7 nitrogen and oxygen atoms in total. The molecular formula is C20H20ClNO6S2. The fourth-order valence-electron chi connectivity index (χ4n) is 3.23. The Kier molecular flexibility index (Phi) is 6.54. The summed E-state index contributed by atoms with van der Waals surface area (Å²) in [5.74, 6) is -0.331. The SMILES string of the molecule is CCOC(=O)C1N(C(=O)c2cc(OC)cc(OC)c2)C(=S)OC1(C)c1ccc(Cl)s1. The third-order valence-electron chi connectivity index (χ3n) is 4.67. The number of hydrogen-bond acceptors (Lipinski definition) is 8. The summed E-state index contributed by atoms with van der Waals surface area (Å²) in [6.07, 6.45) is 0. The average Bonchev–Trinajstić information content (AvgIpc) is 3.28. The number of hydrogen-bond donors (Lipinski definition) is 0. The summed E-state index contributed by atoms with van der Waals surface area (Å²) in [5.41, 5.74) is -1.03. The summed E-state index contributed by atoms with van der Waals surface area (Å²) >= 11 is 12.7. The van der Waals surface area contributed by atoms with Gasteiger partial charge in [0.1, 0.15) is 11.5 Å². The maximum absolute atomic E-state index is 13.5. The quantitative estimate of drug-likeness (QED) is 0.467. The number of ether oxygens (including phenoxy) is 4. The molecule has 1 amide bonds. The van der Waals surface area contributed by atoms with Gasteiger partial charge in [0, 0.05) is 11.6 Å². The van der Waals surface area contributed by atoms with E-state index >= 15 is 0 Å². The molecule has 1 fully saturated rings. The van der Waals surface area contributed by atoms with Gasteiger partial charge in [0.25, 0.3) is 11.1 Å². The Morgan fingerprint density at radius 1 is 1.23 bits per heavy atom. The molecule has 0 aliphatic carbocycles. The molecule has 0 spiro atoms. The third-order valence-corrected chi connectivity index (χ3v) is 6.40. The van der Waals surface area contributed by atoms with E-state index in [9.17, 15) is 9.59 Å². The predicted molar refractivity (Wildman–Crippen MR) is 117 cm³/mol. The van der Waals surface area contributed by atoms with Crippen molar-refractivity contribution in [2.75, 3.05) is 20.8 Å². The van der Waals surface area contributed by atoms with Gasteiger partial charge in [-0.2, -0.15) is 0 Å². The van der Waals surface area contributed by atoms with Crippen molar-refractivity contribution in [3.8, 4) is 11.5 Å². The first-order valence-corrected chi connectivity index (χ1v) is 10.6. The van der Waals surface area contributed by atoms with Crippen molar-refractivity contribution >= 4 is 52.2 Å². The highest BCUT2D eigenvalue weighted by Gasteiger charge is 2.58. The highest BCUT2D eigenvalue weighted by Crippen LogP contribution is 2.44. The summed E-state index contributed by atoms with van der Waals surface area (Å²) in [5, 5.41) is -0.133. The number of nitrogens with zero attached hydrogens (tertiary/aromatic N) is 1. The molecule has 1 aliphatic heterocycles. The second-order valence-electron chi connectivity index (χ2n) is 6.51. The standard InChI is InChI=1S/C20H20ClNO6S2/c1-5-27-18(24)16-20(2,14-6-7-15(21)30-14)28-19(29)22(16)17(23)11-8-12(25-3)10-13(9-11)26-4/h6-10,16H,5H2,1-4H3. The lowest BCUT2D eigenvalue weighted by atomic mass is 9.93.